The Morgan fingerprint density at radius 3 is 3.31 bits per heavy atom. The normalized spacial score (nSPS) is 19.2. The van der Waals surface area contributed by atoms with Gasteiger partial charge in [0.15, 0.2) is 0 Å². The first-order valence-electron chi connectivity index (χ1n) is 5.67. The highest BCUT2D eigenvalue weighted by Crippen LogP contribution is 2.18. The lowest BCUT2D eigenvalue weighted by molar-refractivity contribution is -0.870. The zero-order valence-electron chi connectivity index (χ0n) is 9.75. The van der Waals surface area contributed by atoms with Crippen LogP contribution in [-0.4, -0.2) is 31.8 Å². The van der Waals surface area contributed by atoms with Gasteiger partial charge in [-0.05, 0) is 6.07 Å². The third kappa shape index (κ3) is 2.51. The summed E-state index contributed by atoms with van der Waals surface area (Å²) in [6.45, 7) is 3.59. The highest BCUT2D eigenvalue weighted by molar-refractivity contribution is 5.48. The summed E-state index contributed by atoms with van der Waals surface area (Å²) >= 11 is 0. The molecule has 1 aliphatic heterocycles. The van der Waals surface area contributed by atoms with E-state index in [1.165, 1.54) is 16.0 Å². The van der Waals surface area contributed by atoms with Crippen LogP contribution in [0.3, 0.4) is 0 Å². The standard InChI is InChI=1S/C12H19N3O/c1-15-7-4-11-10(9-15)3-5-13-12(11)14-6-8-16-2/h3,5,15H,1,4,6-9H2,2H3,(H,13,14). The van der Waals surface area contributed by atoms with Crippen molar-refractivity contribution in [1.29, 1.82) is 0 Å². The quantitative estimate of drug-likeness (QED) is 0.549. The van der Waals surface area contributed by atoms with Gasteiger partial charge in [0.25, 0.3) is 0 Å². The van der Waals surface area contributed by atoms with E-state index in [2.05, 4.69) is 23.4 Å². The van der Waals surface area contributed by atoms with Crippen LogP contribution in [-0.2, 0) is 17.7 Å². The van der Waals surface area contributed by atoms with Gasteiger partial charge in [0.1, 0.15) is 5.82 Å². The Hall–Kier alpha value is -1.13. The molecular weight excluding hydrogens is 202 g/mol. The number of rotatable bonds is 4. The van der Waals surface area contributed by atoms with Crippen LogP contribution >= 0.6 is 0 Å². The molecule has 4 nitrogen and oxygen atoms in total. The van der Waals surface area contributed by atoms with Crippen LogP contribution in [0.5, 0.6) is 0 Å². The number of anilines is 1. The number of fused-ring (bicyclic) bond motifs is 1. The maximum Gasteiger partial charge on any atom is 0.129 e. The van der Waals surface area contributed by atoms with E-state index in [1.807, 2.05) is 6.20 Å². The van der Waals surface area contributed by atoms with Gasteiger partial charge in [0.2, 0.25) is 0 Å². The van der Waals surface area contributed by atoms with Crippen LogP contribution in [0.1, 0.15) is 11.1 Å². The fraction of sp³-hybridized carbons (Fsp3) is 0.500. The molecule has 0 radical (unpaired) electrons. The van der Waals surface area contributed by atoms with E-state index in [9.17, 15) is 0 Å². The summed E-state index contributed by atoms with van der Waals surface area (Å²) in [5.41, 5.74) is 2.72. The first-order valence-corrected chi connectivity index (χ1v) is 5.67. The monoisotopic (exact) mass is 221 g/mol. The number of nitrogens with one attached hydrogen (secondary N) is 2. The molecule has 1 atom stereocenters. The molecule has 0 spiro atoms. The number of hydrogen-bond acceptors (Lipinski definition) is 3. The van der Waals surface area contributed by atoms with Gasteiger partial charge in [0, 0.05) is 37.4 Å². The number of aromatic nitrogens is 1. The molecular formula is C12H19N3O. The molecule has 2 rings (SSSR count). The van der Waals surface area contributed by atoms with Crippen molar-refractivity contribution < 1.29 is 9.64 Å². The molecule has 0 aromatic carbocycles. The fourth-order valence-electron chi connectivity index (χ4n) is 2.06. The topological polar surface area (TPSA) is 38.6 Å². The van der Waals surface area contributed by atoms with E-state index in [4.69, 9.17) is 4.74 Å². The summed E-state index contributed by atoms with van der Waals surface area (Å²) in [7, 11) is 5.77. The third-order valence-corrected chi connectivity index (χ3v) is 2.92. The number of hydrogen-bond donors (Lipinski definition) is 2. The first-order chi connectivity index (χ1) is 7.81. The van der Waals surface area contributed by atoms with Crippen LogP contribution < -0.4 is 10.2 Å². The summed E-state index contributed by atoms with van der Waals surface area (Å²) in [6.07, 6.45) is 2.92. The van der Waals surface area contributed by atoms with Gasteiger partial charge < -0.3 is 15.0 Å². The Labute approximate surface area is 96.6 Å². The molecule has 1 aromatic heterocycles. The molecule has 0 aliphatic carbocycles. The molecule has 2 heterocycles. The molecule has 4 heteroatoms. The first kappa shape index (κ1) is 11.4. The lowest BCUT2D eigenvalue weighted by atomic mass is 10.0. The van der Waals surface area contributed by atoms with Gasteiger partial charge in [-0.15, -0.1) is 0 Å². The van der Waals surface area contributed by atoms with E-state index in [-0.39, 0.29) is 0 Å². The molecule has 0 bridgehead atoms. The lowest BCUT2D eigenvalue weighted by Gasteiger charge is -2.28. The van der Waals surface area contributed by atoms with Gasteiger partial charge in [-0.2, -0.15) is 7.05 Å². The maximum atomic E-state index is 5.02. The molecule has 0 fully saturated rings. The largest absolute Gasteiger partial charge is 0.464 e. The third-order valence-electron chi connectivity index (χ3n) is 2.92. The van der Waals surface area contributed by atoms with E-state index >= 15 is 0 Å². The van der Waals surface area contributed by atoms with Crippen molar-refractivity contribution in [3.8, 4) is 0 Å². The fourth-order valence-corrected chi connectivity index (χ4v) is 2.06. The number of methoxy groups -OCH3 is 1. The number of ether oxygens (including phenoxy) is 1. The minimum absolute atomic E-state index is 0.706. The second-order valence-corrected chi connectivity index (χ2v) is 4.14. The van der Waals surface area contributed by atoms with Gasteiger partial charge in [-0.1, -0.05) is 0 Å². The second kappa shape index (κ2) is 5.27. The van der Waals surface area contributed by atoms with Crippen LogP contribution in [0, 0.1) is 7.05 Å². The number of quaternary nitrogens is 1. The van der Waals surface area contributed by atoms with Gasteiger partial charge >= 0.3 is 0 Å². The molecule has 88 valence electrons. The second-order valence-electron chi connectivity index (χ2n) is 4.14. The predicted octanol–water partition coefficient (Wildman–Crippen LogP) is -0.128. The van der Waals surface area contributed by atoms with Crippen molar-refractivity contribution in [3.63, 3.8) is 0 Å². The van der Waals surface area contributed by atoms with Crippen LogP contribution in [0.15, 0.2) is 12.3 Å². The molecule has 1 aromatic rings. The Morgan fingerprint density at radius 2 is 2.50 bits per heavy atom. The van der Waals surface area contributed by atoms with Crippen molar-refractivity contribution in [2.75, 3.05) is 32.1 Å². The molecule has 16 heavy (non-hydrogen) atoms. The highest BCUT2D eigenvalue weighted by atomic mass is 16.5. The average Bonchev–Trinajstić information content (AvgIpc) is 2.29. The van der Waals surface area contributed by atoms with E-state index in [1.54, 1.807) is 7.11 Å². The van der Waals surface area contributed by atoms with Crippen molar-refractivity contribution in [1.82, 2.24) is 4.98 Å². The Kier molecular flexibility index (Phi) is 3.74. The van der Waals surface area contributed by atoms with Crippen molar-refractivity contribution >= 4 is 5.82 Å². The Bertz CT molecular complexity index is 354. The minimum atomic E-state index is 0.706. The summed E-state index contributed by atoms with van der Waals surface area (Å²) in [4.78, 5) is 5.71. The van der Waals surface area contributed by atoms with Crippen LogP contribution in [0.4, 0.5) is 5.82 Å². The zero-order valence-corrected chi connectivity index (χ0v) is 9.75. The summed E-state index contributed by atoms with van der Waals surface area (Å²) in [5.74, 6) is 1.02. The molecule has 1 aliphatic rings. The molecule has 2 N–H and O–H groups in total. The summed E-state index contributed by atoms with van der Waals surface area (Å²) in [6, 6.07) is 2.10. The number of nitrogens with zero attached hydrogens (tertiary/aromatic N) is 1. The van der Waals surface area contributed by atoms with Crippen molar-refractivity contribution in [2.45, 2.75) is 13.0 Å². The Balaban J connectivity index is 2.10. The highest BCUT2D eigenvalue weighted by Gasteiger charge is 2.16. The summed E-state index contributed by atoms with van der Waals surface area (Å²) in [5, 5.41) is 3.32. The Morgan fingerprint density at radius 1 is 1.62 bits per heavy atom. The van der Waals surface area contributed by atoms with E-state index < -0.39 is 0 Å². The van der Waals surface area contributed by atoms with Crippen LogP contribution in [0.25, 0.3) is 0 Å². The maximum absolute atomic E-state index is 5.02. The van der Waals surface area contributed by atoms with E-state index in [0.717, 1.165) is 31.9 Å². The van der Waals surface area contributed by atoms with Crippen molar-refractivity contribution in [3.05, 3.63) is 30.4 Å². The lowest BCUT2D eigenvalue weighted by Crippen LogP contribution is -3.06. The van der Waals surface area contributed by atoms with Crippen LogP contribution in [0.2, 0.25) is 0 Å². The van der Waals surface area contributed by atoms with Gasteiger partial charge in [-0.25, -0.2) is 4.98 Å². The number of pyridine rings is 1. The molecule has 0 saturated heterocycles. The smallest absolute Gasteiger partial charge is 0.129 e. The SMILES string of the molecule is [CH2-][NH+]1CCc2c(ccnc2NCCOC)C1. The van der Waals surface area contributed by atoms with Gasteiger partial charge in [-0.3, -0.25) is 0 Å². The van der Waals surface area contributed by atoms with Crippen molar-refractivity contribution in [2.24, 2.45) is 0 Å². The minimum Gasteiger partial charge on any atom is -0.464 e. The predicted molar refractivity (Wildman–Crippen MR) is 63.2 cm³/mol. The van der Waals surface area contributed by atoms with E-state index in [0.29, 0.717) is 6.61 Å². The summed E-state index contributed by atoms with van der Waals surface area (Å²) < 4.78 is 5.02. The molecule has 0 saturated carbocycles. The average molecular weight is 221 g/mol. The van der Waals surface area contributed by atoms with Gasteiger partial charge in [0.05, 0.1) is 19.7 Å². The zero-order chi connectivity index (χ0) is 11.4. The molecule has 0 amide bonds. The molecule has 1 unspecified atom stereocenters.